The fraction of sp³-hybridized carbons (Fsp3) is 0. The first-order chi connectivity index (χ1) is 33.5. The Morgan fingerprint density at radius 2 is 0.891 bits per heavy atom. The molecule has 0 N–H and O–H groups in total. The molecule has 258 valence electrons. The molecule has 2 heterocycles. The standard InChI is InChI=1S/C52H33NO2/c1-3-13-34(14-4-1)36-25-29-38(30-26-36)53(39-31-27-37(28-32-39)35-15-5-2-6-16-35)47-22-12-24-49-50(47)46-33-45(40-17-7-8-19-42(40)52(46)55-49)44-21-11-20-43-41-18-9-10-23-48(41)54-51(43)44/h1-33H/i7D,8D,9D,10D,11D,12D,17D,18D,19D,20D,21D,22D,23D,24D,33D. The van der Waals surface area contributed by atoms with Crippen LogP contribution in [-0.2, 0) is 0 Å². The average Bonchev–Trinajstić information content (AvgIpc) is 3.98. The molecule has 0 aliphatic carbocycles. The first-order valence-corrected chi connectivity index (χ1v) is 17.5. The van der Waals surface area contributed by atoms with Crippen molar-refractivity contribution in [3.8, 4) is 33.4 Å². The van der Waals surface area contributed by atoms with Gasteiger partial charge in [-0.25, -0.2) is 0 Å². The minimum Gasteiger partial charge on any atom is -0.455 e. The first kappa shape index (κ1) is 19.6. The Labute approximate surface area is 339 Å². The molecule has 11 rings (SSSR count). The van der Waals surface area contributed by atoms with Crippen molar-refractivity contribution in [1.29, 1.82) is 0 Å². The molecule has 3 nitrogen and oxygen atoms in total. The third-order valence-corrected chi connectivity index (χ3v) is 9.79. The van der Waals surface area contributed by atoms with E-state index in [-0.39, 0.29) is 54.7 Å². The zero-order valence-electron chi connectivity index (χ0n) is 43.7. The third kappa shape index (κ3) is 5.13. The maximum Gasteiger partial charge on any atom is 0.143 e. The number of anilines is 3. The first-order valence-electron chi connectivity index (χ1n) is 25.0. The number of para-hydroxylation sites is 2. The van der Waals surface area contributed by atoms with Gasteiger partial charge in [0.2, 0.25) is 0 Å². The van der Waals surface area contributed by atoms with Gasteiger partial charge in [-0.05, 0) is 81.6 Å². The predicted octanol–water partition coefficient (Wildman–Crippen LogP) is 15.1. The molecule has 0 saturated carbocycles. The van der Waals surface area contributed by atoms with Crippen LogP contribution in [-0.4, -0.2) is 0 Å². The van der Waals surface area contributed by atoms with Crippen molar-refractivity contribution >= 4 is 71.7 Å². The molecule has 0 bridgehead atoms. The Balaban J connectivity index is 1.32. The van der Waals surface area contributed by atoms with Crippen molar-refractivity contribution in [2.45, 2.75) is 0 Å². The number of fused-ring (bicyclic) bond motifs is 8. The van der Waals surface area contributed by atoms with Gasteiger partial charge in [0.25, 0.3) is 0 Å². The number of furan rings is 2. The molecule has 0 radical (unpaired) electrons. The molecule has 0 unspecified atom stereocenters. The van der Waals surface area contributed by atoms with Crippen LogP contribution in [0.5, 0.6) is 0 Å². The molecule has 3 heteroatoms. The number of hydrogen-bond acceptors (Lipinski definition) is 3. The van der Waals surface area contributed by atoms with Crippen molar-refractivity contribution in [2.24, 2.45) is 0 Å². The second kappa shape index (κ2) is 12.6. The van der Waals surface area contributed by atoms with Gasteiger partial charge in [0, 0.05) is 38.5 Å². The lowest BCUT2D eigenvalue weighted by atomic mass is 9.94. The molecule has 0 amide bonds. The van der Waals surface area contributed by atoms with Crippen LogP contribution in [0.4, 0.5) is 17.1 Å². The highest BCUT2D eigenvalue weighted by Gasteiger charge is 2.23. The van der Waals surface area contributed by atoms with Gasteiger partial charge < -0.3 is 13.7 Å². The van der Waals surface area contributed by atoms with E-state index in [1.807, 2.05) is 109 Å². The highest BCUT2D eigenvalue weighted by atomic mass is 16.3. The van der Waals surface area contributed by atoms with Gasteiger partial charge in [0.15, 0.2) is 0 Å². The maximum absolute atomic E-state index is 10.3. The minimum atomic E-state index is -0.728. The van der Waals surface area contributed by atoms with E-state index in [0.717, 1.165) is 22.3 Å². The molecule has 0 atom stereocenters. The van der Waals surface area contributed by atoms with E-state index in [4.69, 9.17) is 19.8 Å². The van der Waals surface area contributed by atoms with Crippen LogP contribution in [0.1, 0.15) is 20.6 Å². The molecule has 0 spiro atoms. The fourth-order valence-electron chi connectivity index (χ4n) is 7.24. The number of benzene rings is 9. The summed E-state index contributed by atoms with van der Waals surface area (Å²) < 4.78 is 149. The van der Waals surface area contributed by atoms with Gasteiger partial charge in [-0.3, -0.25) is 0 Å². The summed E-state index contributed by atoms with van der Waals surface area (Å²) in [5.41, 5.74) is 2.39. The topological polar surface area (TPSA) is 29.5 Å². The van der Waals surface area contributed by atoms with E-state index in [1.165, 1.54) is 0 Å². The quantitative estimate of drug-likeness (QED) is 0.171. The molecule has 0 aliphatic rings. The molecule has 9 aromatic carbocycles. The van der Waals surface area contributed by atoms with Gasteiger partial charge in [-0.2, -0.15) is 0 Å². The second-order valence-corrected chi connectivity index (χ2v) is 12.9. The van der Waals surface area contributed by atoms with Crippen LogP contribution >= 0.6 is 0 Å². The van der Waals surface area contributed by atoms with Gasteiger partial charge >= 0.3 is 0 Å². The molecular formula is C52H33NO2. The summed E-state index contributed by atoms with van der Waals surface area (Å²) in [6, 6.07) is 24.8. The lowest BCUT2D eigenvalue weighted by Gasteiger charge is -2.26. The Hall–Kier alpha value is -7.36. The maximum atomic E-state index is 10.3. The SMILES string of the molecule is [2H]c1c([2H])c([2H])c2c(oc3c(-c4c([2H])c5c(oc6c([2H])c([2H])c([2H])c(N(c7ccc(-c8ccccc8)cc7)c7ccc(-c8ccccc8)cc7)c65)c5c([2H])c([2H])c([2H])c([2H])c45)c([2H])c([2H])c([2H])c32)c1[2H]. The summed E-state index contributed by atoms with van der Waals surface area (Å²) in [4.78, 5) is 1.69. The zero-order valence-corrected chi connectivity index (χ0v) is 28.7. The summed E-state index contributed by atoms with van der Waals surface area (Å²) in [6.45, 7) is 0. The molecule has 55 heavy (non-hydrogen) atoms. The minimum absolute atomic E-state index is 0.0272. The van der Waals surface area contributed by atoms with Crippen LogP contribution < -0.4 is 4.90 Å². The summed E-state index contributed by atoms with van der Waals surface area (Å²) in [6.07, 6.45) is 0. The molecule has 0 saturated heterocycles. The average molecular weight is 719 g/mol. The summed E-state index contributed by atoms with van der Waals surface area (Å²) in [5.74, 6) is 0. The van der Waals surface area contributed by atoms with Crippen LogP contribution in [0, 0.1) is 0 Å². The van der Waals surface area contributed by atoms with E-state index in [2.05, 4.69) is 0 Å². The van der Waals surface area contributed by atoms with E-state index >= 15 is 0 Å². The molecule has 0 fully saturated rings. The predicted molar refractivity (Wildman–Crippen MR) is 229 cm³/mol. The van der Waals surface area contributed by atoms with E-state index in [1.54, 1.807) is 4.90 Å². The number of hydrogen-bond donors (Lipinski definition) is 0. The zero-order chi connectivity index (χ0) is 49.3. The van der Waals surface area contributed by atoms with E-state index in [9.17, 15) is 9.60 Å². The van der Waals surface area contributed by atoms with Gasteiger partial charge in [-0.1, -0.05) is 151 Å². The highest BCUT2D eigenvalue weighted by molar-refractivity contribution is 6.24. The Bertz CT molecular complexity index is 3960. The lowest BCUT2D eigenvalue weighted by molar-refractivity contribution is 0.670. The van der Waals surface area contributed by atoms with Crippen LogP contribution in [0.15, 0.2) is 209 Å². The van der Waals surface area contributed by atoms with Crippen molar-refractivity contribution in [1.82, 2.24) is 0 Å². The van der Waals surface area contributed by atoms with Crippen molar-refractivity contribution < 1.29 is 29.4 Å². The fourth-order valence-corrected chi connectivity index (χ4v) is 7.24. The van der Waals surface area contributed by atoms with E-state index < -0.39 is 107 Å². The van der Waals surface area contributed by atoms with Crippen molar-refractivity contribution in [2.75, 3.05) is 4.90 Å². The third-order valence-electron chi connectivity index (χ3n) is 9.79. The molecule has 11 aromatic rings. The molecule has 2 aromatic heterocycles. The van der Waals surface area contributed by atoms with Crippen LogP contribution in [0.25, 0.3) is 88.0 Å². The number of nitrogens with zero attached hydrogens (tertiary/aromatic N) is 1. The van der Waals surface area contributed by atoms with Crippen molar-refractivity contribution in [3.05, 3.63) is 200 Å². The van der Waals surface area contributed by atoms with E-state index in [0.29, 0.717) is 11.4 Å². The number of rotatable bonds is 6. The monoisotopic (exact) mass is 718 g/mol. The Morgan fingerprint density at radius 1 is 0.382 bits per heavy atom. The summed E-state index contributed by atoms with van der Waals surface area (Å²) >= 11 is 0. The second-order valence-electron chi connectivity index (χ2n) is 12.9. The summed E-state index contributed by atoms with van der Waals surface area (Å²) in [5, 5.41) is -1.44. The van der Waals surface area contributed by atoms with Crippen LogP contribution in [0.3, 0.4) is 0 Å². The van der Waals surface area contributed by atoms with Gasteiger partial charge in [0.05, 0.1) is 31.6 Å². The Kier molecular flexibility index (Phi) is 4.52. The largest absolute Gasteiger partial charge is 0.455 e. The normalized spacial score (nSPS) is 15.5. The smallest absolute Gasteiger partial charge is 0.143 e. The molecule has 0 aliphatic heterocycles. The lowest BCUT2D eigenvalue weighted by Crippen LogP contribution is -2.10. The molecular weight excluding hydrogens is 671 g/mol. The Morgan fingerprint density at radius 3 is 1.56 bits per heavy atom. The van der Waals surface area contributed by atoms with Crippen molar-refractivity contribution in [3.63, 3.8) is 0 Å². The summed E-state index contributed by atoms with van der Waals surface area (Å²) in [7, 11) is 0. The highest BCUT2D eigenvalue weighted by Crippen LogP contribution is 2.48. The van der Waals surface area contributed by atoms with Gasteiger partial charge in [-0.15, -0.1) is 0 Å². The van der Waals surface area contributed by atoms with Crippen LogP contribution in [0.2, 0.25) is 0 Å². The van der Waals surface area contributed by atoms with Gasteiger partial charge in [0.1, 0.15) is 22.3 Å².